The van der Waals surface area contributed by atoms with Gasteiger partial charge in [-0.15, -0.1) is 0 Å². The molecule has 1 N–H and O–H groups in total. The lowest BCUT2D eigenvalue weighted by Crippen LogP contribution is -2.33. The highest BCUT2D eigenvalue weighted by Crippen LogP contribution is 2.32. The quantitative estimate of drug-likeness (QED) is 0.772. The zero-order valence-corrected chi connectivity index (χ0v) is 11.5. The molecular weight excluding hydrogens is 220 g/mol. The third kappa shape index (κ3) is 4.34. The van der Waals surface area contributed by atoms with Gasteiger partial charge in [0.15, 0.2) is 0 Å². The van der Waals surface area contributed by atoms with Crippen molar-refractivity contribution in [3.63, 3.8) is 0 Å². The second kappa shape index (κ2) is 7.17. The second-order valence-corrected chi connectivity index (χ2v) is 6.03. The summed E-state index contributed by atoms with van der Waals surface area (Å²) in [6.07, 6.45) is 4.55. The molecular formula is C12H24N2OS. The SMILES string of the molecule is CCS[C@H]1CC[C@H](N(C)CCC(=O)NC)C1. The van der Waals surface area contributed by atoms with E-state index in [1.54, 1.807) is 7.05 Å². The Hall–Kier alpha value is -0.220. The minimum absolute atomic E-state index is 0.143. The lowest BCUT2D eigenvalue weighted by atomic mass is 10.2. The molecule has 1 saturated carbocycles. The van der Waals surface area contributed by atoms with Crippen LogP contribution in [0.4, 0.5) is 0 Å². The van der Waals surface area contributed by atoms with Crippen LogP contribution < -0.4 is 5.32 Å². The topological polar surface area (TPSA) is 32.3 Å². The summed E-state index contributed by atoms with van der Waals surface area (Å²) in [5, 5.41) is 3.52. The molecule has 4 heteroatoms. The maximum atomic E-state index is 11.2. The Kier molecular flexibility index (Phi) is 6.21. The van der Waals surface area contributed by atoms with Crippen LogP contribution in [0.2, 0.25) is 0 Å². The average molecular weight is 244 g/mol. The normalized spacial score (nSPS) is 25.0. The zero-order chi connectivity index (χ0) is 12.0. The van der Waals surface area contributed by atoms with E-state index >= 15 is 0 Å². The molecule has 0 aliphatic heterocycles. The Balaban J connectivity index is 2.22. The Morgan fingerprint density at radius 3 is 2.88 bits per heavy atom. The highest BCUT2D eigenvalue weighted by atomic mass is 32.2. The van der Waals surface area contributed by atoms with Gasteiger partial charge in [0.2, 0.25) is 5.91 Å². The summed E-state index contributed by atoms with van der Waals surface area (Å²) in [7, 11) is 3.85. The molecule has 2 atom stereocenters. The molecule has 0 heterocycles. The summed E-state index contributed by atoms with van der Waals surface area (Å²) < 4.78 is 0. The molecule has 1 fully saturated rings. The van der Waals surface area contributed by atoms with Crippen molar-refractivity contribution >= 4 is 17.7 Å². The van der Waals surface area contributed by atoms with E-state index in [2.05, 4.69) is 35.9 Å². The van der Waals surface area contributed by atoms with Crippen LogP contribution in [0.25, 0.3) is 0 Å². The molecule has 0 radical (unpaired) electrons. The smallest absolute Gasteiger partial charge is 0.221 e. The number of thioether (sulfide) groups is 1. The average Bonchev–Trinajstić information content (AvgIpc) is 2.74. The summed E-state index contributed by atoms with van der Waals surface area (Å²) >= 11 is 2.08. The van der Waals surface area contributed by atoms with Crippen LogP contribution >= 0.6 is 11.8 Å². The monoisotopic (exact) mass is 244 g/mol. The molecule has 3 nitrogen and oxygen atoms in total. The van der Waals surface area contributed by atoms with Gasteiger partial charge < -0.3 is 10.2 Å². The summed E-state index contributed by atoms with van der Waals surface area (Å²) in [6, 6.07) is 0.689. The maximum absolute atomic E-state index is 11.2. The van der Waals surface area contributed by atoms with Crippen molar-refractivity contribution < 1.29 is 4.79 Å². The number of hydrogen-bond donors (Lipinski definition) is 1. The van der Waals surface area contributed by atoms with E-state index in [-0.39, 0.29) is 5.91 Å². The summed E-state index contributed by atoms with van der Waals surface area (Å²) in [5.41, 5.74) is 0. The van der Waals surface area contributed by atoms with E-state index in [0.717, 1.165) is 11.8 Å². The van der Waals surface area contributed by atoms with Crippen molar-refractivity contribution in [1.82, 2.24) is 10.2 Å². The third-order valence-corrected chi connectivity index (χ3v) is 4.59. The van der Waals surface area contributed by atoms with Crippen molar-refractivity contribution in [1.29, 1.82) is 0 Å². The molecule has 1 aliphatic rings. The maximum Gasteiger partial charge on any atom is 0.221 e. The first-order valence-electron chi connectivity index (χ1n) is 6.19. The van der Waals surface area contributed by atoms with Crippen molar-refractivity contribution in [2.24, 2.45) is 0 Å². The van der Waals surface area contributed by atoms with E-state index in [1.165, 1.54) is 25.0 Å². The summed E-state index contributed by atoms with van der Waals surface area (Å²) in [6.45, 7) is 3.11. The fraction of sp³-hybridized carbons (Fsp3) is 0.917. The highest BCUT2D eigenvalue weighted by Gasteiger charge is 2.27. The van der Waals surface area contributed by atoms with Gasteiger partial charge in [0.05, 0.1) is 0 Å². The van der Waals surface area contributed by atoms with Crippen LogP contribution in [0.1, 0.15) is 32.6 Å². The van der Waals surface area contributed by atoms with Crippen LogP contribution in [0, 0.1) is 0 Å². The van der Waals surface area contributed by atoms with E-state index in [0.29, 0.717) is 12.5 Å². The number of amides is 1. The van der Waals surface area contributed by atoms with Crippen LogP contribution in [0.3, 0.4) is 0 Å². The first kappa shape index (κ1) is 13.8. The second-order valence-electron chi connectivity index (χ2n) is 4.45. The van der Waals surface area contributed by atoms with Gasteiger partial charge >= 0.3 is 0 Å². The number of nitrogens with one attached hydrogen (secondary N) is 1. The van der Waals surface area contributed by atoms with Gasteiger partial charge in [0, 0.05) is 31.3 Å². The van der Waals surface area contributed by atoms with Crippen molar-refractivity contribution in [3.8, 4) is 0 Å². The molecule has 0 bridgehead atoms. The molecule has 0 saturated heterocycles. The van der Waals surface area contributed by atoms with E-state index in [4.69, 9.17) is 0 Å². The Labute approximate surface area is 103 Å². The number of rotatable bonds is 6. The molecule has 0 aromatic carbocycles. The lowest BCUT2D eigenvalue weighted by molar-refractivity contribution is -0.120. The number of carbonyl (C=O) groups excluding carboxylic acids is 1. The van der Waals surface area contributed by atoms with Gasteiger partial charge in [-0.25, -0.2) is 0 Å². The summed E-state index contributed by atoms with van der Waals surface area (Å²) in [5.74, 6) is 1.36. The minimum atomic E-state index is 0.143. The fourth-order valence-corrected chi connectivity index (χ4v) is 3.42. The molecule has 0 spiro atoms. The van der Waals surface area contributed by atoms with Gasteiger partial charge in [-0.1, -0.05) is 6.92 Å². The predicted octanol–water partition coefficient (Wildman–Crippen LogP) is 1.73. The fourth-order valence-electron chi connectivity index (χ4n) is 2.29. The number of nitrogens with zero attached hydrogens (tertiary/aromatic N) is 1. The molecule has 16 heavy (non-hydrogen) atoms. The number of carbonyl (C=O) groups is 1. The van der Waals surface area contributed by atoms with Gasteiger partial charge in [-0.05, 0) is 32.1 Å². The standard InChI is InChI=1S/C12H24N2OS/c1-4-16-11-6-5-10(9-11)14(3)8-7-12(15)13-2/h10-11H,4-9H2,1-3H3,(H,13,15)/t10-,11-/m0/s1. The molecule has 1 amide bonds. The van der Waals surface area contributed by atoms with Crippen LogP contribution in [0.5, 0.6) is 0 Å². The first-order chi connectivity index (χ1) is 7.67. The van der Waals surface area contributed by atoms with Crippen molar-refractivity contribution in [2.45, 2.75) is 43.9 Å². The first-order valence-corrected chi connectivity index (χ1v) is 7.24. The molecule has 0 aromatic rings. The van der Waals surface area contributed by atoms with Crippen LogP contribution in [0.15, 0.2) is 0 Å². The van der Waals surface area contributed by atoms with E-state index < -0.39 is 0 Å². The van der Waals surface area contributed by atoms with Crippen LogP contribution in [-0.2, 0) is 4.79 Å². The number of hydrogen-bond acceptors (Lipinski definition) is 3. The summed E-state index contributed by atoms with van der Waals surface area (Å²) in [4.78, 5) is 13.5. The molecule has 94 valence electrons. The van der Waals surface area contributed by atoms with Gasteiger partial charge in [0.1, 0.15) is 0 Å². The predicted molar refractivity (Wildman–Crippen MR) is 70.9 cm³/mol. The Morgan fingerprint density at radius 2 is 2.25 bits per heavy atom. The van der Waals surface area contributed by atoms with Gasteiger partial charge in [-0.3, -0.25) is 4.79 Å². The molecule has 1 rings (SSSR count). The van der Waals surface area contributed by atoms with E-state index in [1.807, 2.05) is 0 Å². The molecule has 0 aromatic heterocycles. The minimum Gasteiger partial charge on any atom is -0.359 e. The lowest BCUT2D eigenvalue weighted by Gasteiger charge is -2.23. The third-order valence-electron chi connectivity index (χ3n) is 3.35. The van der Waals surface area contributed by atoms with Crippen LogP contribution in [-0.4, -0.2) is 48.5 Å². The van der Waals surface area contributed by atoms with Gasteiger partial charge in [-0.2, -0.15) is 11.8 Å². The Bertz CT molecular complexity index is 223. The van der Waals surface area contributed by atoms with Crippen molar-refractivity contribution in [3.05, 3.63) is 0 Å². The molecule has 1 aliphatic carbocycles. The zero-order valence-electron chi connectivity index (χ0n) is 10.7. The van der Waals surface area contributed by atoms with Gasteiger partial charge in [0.25, 0.3) is 0 Å². The Morgan fingerprint density at radius 1 is 1.50 bits per heavy atom. The van der Waals surface area contributed by atoms with E-state index in [9.17, 15) is 4.79 Å². The molecule has 0 unspecified atom stereocenters. The largest absolute Gasteiger partial charge is 0.359 e. The van der Waals surface area contributed by atoms with Crippen molar-refractivity contribution in [2.75, 3.05) is 26.4 Å². The highest BCUT2D eigenvalue weighted by molar-refractivity contribution is 7.99.